The molecule has 0 bridgehead atoms. The Morgan fingerprint density at radius 3 is 1.17 bits per heavy atom. The molecule has 0 atom stereocenters. The van der Waals surface area contributed by atoms with Gasteiger partial charge in [0.15, 0.2) is 0 Å². The lowest BCUT2D eigenvalue weighted by atomic mass is 9.99. The summed E-state index contributed by atoms with van der Waals surface area (Å²) in [5, 5.41) is 0. The zero-order chi connectivity index (χ0) is 21.2. The average molecular weight is 477 g/mol. The second-order valence-corrected chi connectivity index (χ2v) is 6.79. The molecule has 0 aromatic heterocycles. The zero-order valence-corrected chi connectivity index (χ0v) is 15.9. The summed E-state index contributed by atoms with van der Waals surface area (Å²) in [5.41, 5.74) is 2.67. The molecule has 29 heavy (non-hydrogen) atoms. The molecule has 0 aliphatic rings. The molecule has 2 nitrogen and oxygen atoms in total. The van der Waals surface area contributed by atoms with Gasteiger partial charge in [0.1, 0.15) is 11.5 Å². The largest absolute Gasteiger partial charge is 0.573 e. The third-order valence-electron chi connectivity index (χ3n) is 3.74. The van der Waals surface area contributed by atoms with Crippen LogP contribution >= 0.6 is 15.9 Å². The van der Waals surface area contributed by atoms with Crippen molar-refractivity contribution in [1.29, 1.82) is 0 Å². The van der Waals surface area contributed by atoms with Crippen LogP contribution in [-0.2, 0) is 0 Å². The summed E-state index contributed by atoms with van der Waals surface area (Å²) in [6.07, 6.45) is -9.54. The van der Waals surface area contributed by atoms with E-state index in [0.29, 0.717) is 26.7 Å². The van der Waals surface area contributed by atoms with E-state index in [9.17, 15) is 26.3 Å². The van der Waals surface area contributed by atoms with E-state index in [1.165, 1.54) is 48.5 Å². The molecule has 0 amide bonds. The summed E-state index contributed by atoms with van der Waals surface area (Å²) in [7, 11) is 0. The number of benzene rings is 3. The second kappa shape index (κ2) is 7.98. The van der Waals surface area contributed by atoms with Gasteiger partial charge in [-0.25, -0.2) is 0 Å². The van der Waals surface area contributed by atoms with Gasteiger partial charge >= 0.3 is 12.7 Å². The van der Waals surface area contributed by atoms with Gasteiger partial charge in [-0.15, -0.1) is 26.3 Å². The van der Waals surface area contributed by atoms with Crippen LogP contribution in [0.25, 0.3) is 22.3 Å². The van der Waals surface area contributed by atoms with Crippen LogP contribution in [0.4, 0.5) is 26.3 Å². The number of halogens is 7. The minimum absolute atomic E-state index is 0.336. The number of hydrogen-bond acceptors (Lipinski definition) is 2. The van der Waals surface area contributed by atoms with Crippen molar-refractivity contribution in [2.75, 3.05) is 0 Å². The van der Waals surface area contributed by atoms with Crippen molar-refractivity contribution in [3.05, 3.63) is 71.2 Å². The number of hydrogen-bond donors (Lipinski definition) is 0. The number of alkyl halides is 6. The van der Waals surface area contributed by atoms with Crippen LogP contribution in [0.3, 0.4) is 0 Å². The lowest BCUT2D eigenvalue weighted by molar-refractivity contribution is -0.275. The highest BCUT2D eigenvalue weighted by Crippen LogP contribution is 2.33. The summed E-state index contributed by atoms with van der Waals surface area (Å²) >= 11 is 3.37. The fraction of sp³-hybridized carbons (Fsp3) is 0.100. The molecule has 152 valence electrons. The minimum atomic E-state index is -4.77. The Morgan fingerprint density at radius 1 is 0.517 bits per heavy atom. The molecule has 0 fully saturated rings. The van der Waals surface area contributed by atoms with Crippen molar-refractivity contribution in [3.63, 3.8) is 0 Å². The Labute approximate surface area is 169 Å². The highest BCUT2D eigenvalue weighted by Gasteiger charge is 2.31. The lowest BCUT2D eigenvalue weighted by Crippen LogP contribution is -2.16. The third-order valence-corrected chi connectivity index (χ3v) is 4.20. The Morgan fingerprint density at radius 2 is 0.862 bits per heavy atom. The van der Waals surface area contributed by atoms with Gasteiger partial charge in [0.2, 0.25) is 0 Å². The highest BCUT2D eigenvalue weighted by atomic mass is 79.9. The predicted molar refractivity (Wildman–Crippen MR) is 98.4 cm³/mol. The Balaban J connectivity index is 1.86. The van der Waals surface area contributed by atoms with E-state index in [-0.39, 0.29) is 11.5 Å². The molecular formula is C20H11BrF6O2. The van der Waals surface area contributed by atoms with Gasteiger partial charge in [0.25, 0.3) is 0 Å². The Hall–Kier alpha value is -2.68. The van der Waals surface area contributed by atoms with E-state index >= 15 is 0 Å². The quantitative estimate of drug-likeness (QED) is 0.361. The fourth-order valence-electron chi connectivity index (χ4n) is 2.62. The maximum absolute atomic E-state index is 12.3. The van der Waals surface area contributed by atoms with E-state index in [1.807, 2.05) is 0 Å². The smallest absolute Gasteiger partial charge is 0.406 e. The zero-order valence-electron chi connectivity index (χ0n) is 14.3. The van der Waals surface area contributed by atoms with Gasteiger partial charge in [-0.2, -0.15) is 0 Å². The Bertz CT molecular complexity index is 902. The van der Waals surface area contributed by atoms with Gasteiger partial charge < -0.3 is 9.47 Å². The first kappa shape index (κ1) is 21.0. The standard InChI is InChI=1S/C20H11BrF6O2/c21-16-10-14(12-1-5-17(6-2-12)28-19(22,23)24)9-15(11-16)13-3-7-18(8-4-13)29-20(25,26)27/h1-11H. The molecule has 9 heteroatoms. The summed E-state index contributed by atoms with van der Waals surface area (Å²) in [6.45, 7) is 0. The van der Waals surface area contributed by atoms with Crippen molar-refractivity contribution in [2.45, 2.75) is 12.7 Å². The van der Waals surface area contributed by atoms with E-state index < -0.39 is 12.7 Å². The van der Waals surface area contributed by atoms with Gasteiger partial charge in [0.05, 0.1) is 0 Å². The normalized spacial score (nSPS) is 12.0. The lowest BCUT2D eigenvalue weighted by Gasteiger charge is -2.12. The monoisotopic (exact) mass is 476 g/mol. The summed E-state index contributed by atoms with van der Waals surface area (Å²) < 4.78 is 82.1. The third kappa shape index (κ3) is 6.15. The van der Waals surface area contributed by atoms with E-state index in [0.717, 1.165) is 0 Å². The van der Waals surface area contributed by atoms with Gasteiger partial charge in [-0.1, -0.05) is 40.2 Å². The van der Waals surface area contributed by atoms with E-state index in [2.05, 4.69) is 25.4 Å². The summed E-state index contributed by atoms with van der Waals surface area (Å²) in [5.74, 6) is -0.673. The van der Waals surface area contributed by atoms with Crippen LogP contribution in [0.2, 0.25) is 0 Å². The molecular weight excluding hydrogens is 466 g/mol. The molecule has 0 unspecified atom stereocenters. The van der Waals surface area contributed by atoms with Crippen molar-refractivity contribution >= 4 is 15.9 Å². The van der Waals surface area contributed by atoms with Crippen LogP contribution in [0.15, 0.2) is 71.2 Å². The van der Waals surface area contributed by atoms with Crippen LogP contribution in [-0.4, -0.2) is 12.7 Å². The molecule has 0 saturated carbocycles. The van der Waals surface area contributed by atoms with Crippen LogP contribution in [0.1, 0.15) is 0 Å². The number of rotatable bonds is 4. The summed E-state index contributed by atoms with van der Waals surface area (Å²) in [4.78, 5) is 0. The molecule has 0 aliphatic carbocycles. The molecule has 3 aromatic rings. The van der Waals surface area contributed by atoms with Crippen molar-refractivity contribution < 1.29 is 35.8 Å². The fourth-order valence-corrected chi connectivity index (χ4v) is 3.11. The minimum Gasteiger partial charge on any atom is -0.406 e. The van der Waals surface area contributed by atoms with E-state index in [4.69, 9.17) is 0 Å². The van der Waals surface area contributed by atoms with E-state index in [1.54, 1.807) is 18.2 Å². The van der Waals surface area contributed by atoms with Crippen molar-refractivity contribution in [3.8, 4) is 33.8 Å². The molecule has 0 saturated heterocycles. The molecule has 3 rings (SSSR count). The first-order valence-electron chi connectivity index (χ1n) is 8.01. The summed E-state index contributed by atoms with van der Waals surface area (Å²) in [6, 6.07) is 16.0. The molecule has 0 N–H and O–H groups in total. The second-order valence-electron chi connectivity index (χ2n) is 5.87. The van der Waals surface area contributed by atoms with Crippen LogP contribution in [0, 0.1) is 0 Å². The highest BCUT2D eigenvalue weighted by molar-refractivity contribution is 9.10. The molecule has 0 heterocycles. The SMILES string of the molecule is FC(F)(F)Oc1ccc(-c2cc(Br)cc(-c3ccc(OC(F)(F)F)cc3)c2)cc1. The Kier molecular flexibility index (Phi) is 5.79. The molecule has 0 spiro atoms. The van der Waals surface area contributed by atoms with Gasteiger partial charge in [0, 0.05) is 4.47 Å². The average Bonchev–Trinajstić information content (AvgIpc) is 2.60. The maximum Gasteiger partial charge on any atom is 0.573 e. The molecule has 0 aliphatic heterocycles. The van der Waals surface area contributed by atoms with Crippen LogP contribution < -0.4 is 9.47 Å². The molecule has 0 radical (unpaired) electrons. The topological polar surface area (TPSA) is 18.5 Å². The predicted octanol–water partition coefficient (Wildman–Crippen LogP) is 7.58. The first-order chi connectivity index (χ1) is 13.5. The van der Waals surface area contributed by atoms with Crippen molar-refractivity contribution in [1.82, 2.24) is 0 Å². The maximum atomic E-state index is 12.3. The van der Waals surface area contributed by atoms with Gasteiger partial charge in [-0.05, 0) is 64.7 Å². The van der Waals surface area contributed by atoms with Crippen molar-refractivity contribution in [2.24, 2.45) is 0 Å². The first-order valence-corrected chi connectivity index (χ1v) is 8.81. The van der Waals surface area contributed by atoms with Crippen LogP contribution in [0.5, 0.6) is 11.5 Å². The number of ether oxygens (including phenoxy) is 2. The van der Waals surface area contributed by atoms with Gasteiger partial charge in [-0.3, -0.25) is 0 Å². The molecule has 3 aromatic carbocycles.